The van der Waals surface area contributed by atoms with Crippen molar-refractivity contribution in [3.8, 4) is 0 Å². The van der Waals surface area contributed by atoms with Gasteiger partial charge in [-0.05, 0) is 17.7 Å². The molecule has 0 bridgehead atoms. The lowest BCUT2D eigenvalue weighted by molar-refractivity contribution is -0.128. The predicted octanol–water partition coefficient (Wildman–Crippen LogP) is 1.78. The topological polar surface area (TPSA) is 49.7 Å². The molecule has 0 radical (unpaired) electrons. The van der Waals surface area contributed by atoms with E-state index in [0.717, 1.165) is 5.56 Å². The second kappa shape index (κ2) is 5.13. The second-order valence-corrected chi connectivity index (χ2v) is 4.42. The first-order valence-electron chi connectivity index (χ1n) is 5.28. The van der Waals surface area contributed by atoms with E-state index >= 15 is 0 Å². The van der Waals surface area contributed by atoms with Gasteiger partial charge < -0.3 is 4.90 Å². The first-order valence-corrected chi connectivity index (χ1v) is 5.66. The molecule has 0 spiro atoms. The second-order valence-electron chi connectivity index (χ2n) is 3.98. The molecule has 0 aromatic heterocycles. The van der Waals surface area contributed by atoms with E-state index in [-0.39, 0.29) is 11.9 Å². The van der Waals surface area contributed by atoms with Crippen molar-refractivity contribution in [1.82, 2.24) is 4.90 Å². The molecule has 2 rings (SSSR count). The minimum atomic E-state index is -0.243. The molecule has 0 aliphatic carbocycles. The van der Waals surface area contributed by atoms with Crippen LogP contribution in [0.4, 0.5) is 0 Å². The monoisotopic (exact) mass is 250 g/mol. The summed E-state index contributed by atoms with van der Waals surface area (Å²) >= 11 is 5.78. The number of aliphatic imine (C=N–C) groups is 1. The molecule has 1 amide bonds. The van der Waals surface area contributed by atoms with Crippen molar-refractivity contribution < 1.29 is 9.59 Å². The van der Waals surface area contributed by atoms with E-state index in [4.69, 9.17) is 11.6 Å². The zero-order chi connectivity index (χ0) is 12.3. The molecule has 5 heteroatoms. The Bertz CT molecular complexity index is 466. The standard InChI is InChI=1S/C12H11ClN2O2/c13-10-3-1-9(2-4-10)6-15-7-11(14-8-16)5-12(15)17/h1-4,11H,5-7H2. The van der Waals surface area contributed by atoms with Crippen LogP contribution in [0.3, 0.4) is 0 Å². The Labute approximate surface area is 104 Å². The highest BCUT2D eigenvalue weighted by atomic mass is 35.5. The van der Waals surface area contributed by atoms with E-state index in [1.165, 1.54) is 6.08 Å². The Balaban J connectivity index is 2.02. The molecule has 1 saturated heterocycles. The van der Waals surface area contributed by atoms with Gasteiger partial charge in [0.25, 0.3) is 0 Å². The summed E-state index contributed by atoms with van der Waals surface area (Å²) in [5, 5.41) is 0.671. The summed E-state index contributed by atoms with van der Waals surface area (Å²) in [5.41, 5.74) is 1.01. The van der Waals surface area contributed by atoms with E-state index in [1.807, 2.05) is 12.1 Å². The van der Waals surface area contributed by atoms with Crippen LogP contribution in [-0.2, 0) is 16.1 Å². The highest BCUT2D eigenvalue weighted by molar-refractivity contribution is 6.30. The maximum atomic E-state index is 11.6. The number of carbonyl (C=O) groups is 1. The van der Waals surface area contributed by atoms with Gasteiger partial charge in [0, 0.05) is 18.1 Å². The van der Waals surface area contributed by atoms with Crippen LogP contribution in [0.5, 0.6) is 0 Å². The third-order valence-electron chi connectivity index (χ3n) is 2.72. The van der Waals surface area contributed by atoms with Gasteiger partial charge in [-0.2, -0.15) is 0 Å². The molecule has 1 unspecified atom stereocenters. The largest absolute Gasteiger partial charge is 0.336 e. The summed E-state index contributed by atoms with van der Waals surface area (Å²) in [6, 6.07) is 7.10. The van der Waals surface area contributed by atoms with Crippen LogP contribution in [-0.4, -0.2) is 29.5 Å². The highest BCUT2D eigenvalue weighted by Gasteiger charge is 2.29. The van der Waals surface area contributed by atoms with Gasteiger partial charge in [-0.3, -0.25) is 4.79 Å². The van der Waals surface area contributed by atoms with E-state index in [0.29, 0.717) is 24.5 Å². The average Bonchev–Trinajstić information content (AvgIpc) is 2.63. The molecule has 17 heavy (non-hydrogen) atoms. The Kier molecular flexibility index (Phi) is 3.57. The van der Waals surface area contributed by atoms with Gasteiger partial charge in [0.2, 0.25) is 12.0 Å². The lowest BCUT2D eigenvalue weighted by atomic mass is 10.2. The van der Waals surface area contributed by atoms with Gasteiger partial charge in [0.05, 0.1) is 12.5 Å². The van der Waals surface area contributed by atoms with Crippen molar-refractivity contribution in [2.45, 2.75) is 19.0 Å². The van der Waals surface area contributed by atoms with Crippen molar-refractivity contribution >= 4 is 23.6 Å². The molecule has 1 aromatic carbocycles. The van der Waals surface area contributed by atoms with Crippen molar-refractivity contribution in [3.63, 3.8) is 0 Å². The lowest BCUT2D eigenvalue weighted by Gasteiger charge is -2.15. The minimum Gasteiger partial charge on any atom is -0.336 e. The third kappa shape index (κ3) is 2.93. The summed E-state index contributed by atoms with van der Waals surface area (Å²) < 4.78 is 0. The molecule has 4 nitrogen and oxygen atoms in total. The Morgan fingerprint density at radius 2 is 2.12 bits per heavy atom. The molecule has 0 N–H and O–H groups in total. The highest BCUT2D eigenvalue weighted by Crippen LogP contribution is 2.18. The number of isocyanates is 1. The van der Waals surface area contributed by atoms with E-state index < -0.39 is 0 Å². The Morgan fingerprint density at radius 3 is 2.76 bits per heavy atom. The molecule has 1 aromatic rings. The van der Waals surface area contributed by atoms with Gasteiger partial charge in [-0.15, -0.1) is 0 Å². The molecule has 88 valence electrons. The number of nitrogens with zero attached hydrogens (tertiary/aromatic N) is 2. The van der Waals surface area contributed by atoms with Crippen LogP contribution in [0, 0.1) is 0 Å². The molecular formula is C12H11ClN2O2. The number of carbonyl (C=O) groups excluding carboxylic acids is 2. The fourth-order valence-electron chi connectivity index (χ4n) is 1.88. The van der Waals surface area contributed by atoms with Crippen molar-refractivity contribution in [1.29, 1.82) is 0 Å². The summed E-state index contributed by atoms with van der Waals surface area (Å²) in [6.07, 6.45) is 1.80. The number of likely N-dealkylation sites (tertiary alicyclic amines) is 1. The average molecular weight is 251 g/mol. The minimum absolute atomic E-state index is 0.0175. The summed E-state index contributed by atoms with van der Waals surface area (Å²) in [4.78, 5) is 27.1. The number of amides is 1. The number of hydrogen-bond donors (Lipinski definition) is 0. The summed E-state index contributed by atoms with van der Waals surface area (Å²) in [5.74, 6) is 0.0175. The van der Waals surface area contributed by atoms with Crippen molar-refractivity contribution in [2.24, 2.45) is 4.99 Å². The lowest BCUT2D eigenvalue weighted by Crippen LogP contribution is -2.24. The zero-order valence-electron chi connectivity index (χ0n) is 9.10. The van der Waals surface area contributed by atoms with E-state index in [1.54, 1.807) is 17.0 Å². The number of halogens is 1. The Hall–Kier alpha value is -1.64. The van der Waals surface area contributed by atoms with Crippen LogP contribution in [0.2, 0.25) is 5.02 Å². The maximum Gasteiger partial charge on any atom is 0.235 e. The fraction of sp³-hybridized carbons (Fsp3) is 0.333. The van der Waals surface area contributed by atoms with Crippen molar-refractivity contribution in [3.05, 3.63) is 34.9 Å². The molecule has 1 aliphatic rings. The van der Waals surface area contributed by atoms with Crippen LogP contribution >= 0.6 is 11.6 Å². The number of benzene rings is 1. The van der Waals surface area contributed by atoms with Gasteiger partial charge in [0.15, 0.2) is 0 Å². The third-order valence-corrected chi connectivity index (χ3v) is 2.97. The molecule has 1 aliphatic heterocycles. The summed E-state index contributed by atoms with van der Waals surface area (Å²) in [6.45, 7) is 1.01. The van der Waals surface area contributed by atoms with Crippen molar-refractivity contribution in [2.75, 3.05) is 6.54 Å². The number of rotatable bonds is 3. The zero-order valence-corrected chi connectivity index (χ0v) is 9.85. The van der Waals surface area contributed by atoms with E-state index in [9.17, 15) is 9.59 Å². The van der Waals surface area contributed by atoms with Crippen LogP contribution in [0.15, 0.2) is 29.3 Å². The molecule has 1 fully saturated rings. The quantitative estimate of drug-likeness (QED) is 0.606. The van der Waals surface area contributed by atoms with Gasteiger partial charge in [-0.1, -0.05) is 23.7 Å². The molecule has 0 saturated carbocycles. The molecule has 1 heterocycles. The van der Waals surface area contributed by atoms with Gasteiger partial charge in [0.1, 0.15) is 0 Å². The van der Waals surface area contributed by atoms with Crippen LogP contribution in [0.1, 0.15) is 12.0 Å². The van der Waals surface area contributed by atoms with Gasteiger partial charge >= 0.3 is 0 Å². The fourth-order valence-corrected chi connectivity index (χ4v) is 2.00. The normalized spacial score (nSPS) is 19.2. The van der Waals surface area contributed by atoms with Crippen LogP contribution < -0.4 is 0 Å². The molecule has 1 atom stereocenters. The SMILES string of the molecule is O=C=NC1CC(=O)N(Cc2ccc(Cl)cc2)C1. The summed E-state index contributed by atoms with van der Waals surface area (Å²) in [7, 11) is 0. The first kappa shape index (κ1) is 11.8. The number of hydrogen-bond acceptors (Lipinski definition) is 3. The predicted molar refractivity (Wildman–Crippen MR) is 63.4 cm³/mol. The van der Waals surface area contributed by atoms with Crippen LogP contribution in [0.25, 0.3) is 0 Å². The Morgan fingerprint density at radius 1 is 1.41 bits per heavy atom. The van der Waals surface area contributed by atoms with Gasteiger partial charge in [-0.25, -0.2) is 9.79 Å². The maximum absolute atomic E-state index is 11.6. The molecular weight excluding hydrogens is 240 g/mol. The first-order chi connectivity index (χ1) is 8.19. The smallest absolute Gasteiger partial charge is 0.235 e. The van der Waals surface area contributed by atoms with E-state index in [2.05, 4.69) is 4.99 Å².